The van der Waals surface area contributed by atoms with Gasteiger partial charge in [-0.2, -0.15) is 0 Å². The Balaban J connectivity index is 1.56. The molecule has 1 aromatic heterocycles. The molecule has 1 fully saturated rings. The van der Waals surface area contributed by atoms with Crippen molar-refractivity contribution >= 4 is 11.9 Å². The molecule has 2 unspecified atom stereocenters. The van der Waals surface area contributed by atoms with Crippen molar-refractivity contribution in [1.29, 1.82) is 0 Å². The predicted octanol–water partition coefficient (Wildman–Crippen LogP) is 1.14. The van der Waals surface area contributed by atoms with Crippen molar-refractivity contribution in [2.24, 2.45) is 0 Å². The van der Waals surface area contributed by atoms with E-state index in [0.717, 1.165) is 30.7 Å². The number of aliphatic hydroxyl groups excluding tert-OH is 1. The summed E-state index contributed by atoms with van der Waals surface area (Å²) in [6.07, 6.45) is 8.22. The zero-order valence-corrected chi connectivity index (χ0v) is 10.9. The van der Waals surface area contributed by atoms with Gasteiger partial charge in [-0.3, -0.25) is 0 Å². The van der Waals surface area contributed by atoms with Crippen molar-refractivity contribution in [3.05, 3.63) is 41.2 Å². The highest BCUT2D eigenvalue weighted by molar-refractivity contribution is 6.13. The van der Waals surface area contributed by atoms with Gasteiger partial charge in [0.05, 0.1) is 0 Å². The van der Waals surface area contributed by atoms with Gasteiger partial charge in [0.25, 0.3) is 6.21 Å². The Bertz CT molecular complexity index is 586. The van der Waals surface area contributed by atoms with E-state index in [2.05, 4.69) is 22.7 Å². The molecule has 4 heteroatoms. The molecule has 1 aromatic rings. The molecule has 3 rings (SSSR count). The number of nitrogens with zero attached hydrogens (tertiary/aromatic N) is 2. The van der Waals surface area contributed by atoms with E-state index in [4.69, 9.17) is 9.84 Å². The molecule has 2 aliphatic rings. The first-order valence-electron chi connectivity index (χ1n) is 6.60. The average molecular weight is 257 g/mol. The summed E-state index contributed by atoms with van der Waals surface area (Å²) in [5.74, 6) is 0. The molecule has 0 bridgehead atoms. The second-order valence-corrected chi connectivity index (χ2v) is 5.04. The number of hydrogen-bond acceptors (Lipinski definition) is 3. The van der Waals surface area contributed by atoms with E-state index in [1.807, 2.05) is 24.5 Å². The Morgan fingerprint density at radius 2 is 2.32 bits per heavy atom. The summed E-state index contributed by atoms with van der Waals surface area (Å²) in [5.41, 5.74) is 4.26. The number of ether oxygens (including phenoxy) is 1. The number of aliphatic hydroxyl groups is 1. The highest BCUT2D eigenvalue weighted by Crippen LogP contribution is 2.25. The number of aryl methyl sites for hydroxylation is 1. The van der Waals surface area contributed by atoms with Gasteiger partial charge in [0.2, 0.25) is 0 Å². The molecule has 2 aliphatic heterocycles. The van der Waals surface area contributed by atoms with Crippen LogP contribution in [0.15, 0.2) is 30.0 Å². The summed E-state index contributed by atoms with van der Waals surface area (Å²) >= 11 is 0. The lowest BCUT2D eigenvalue weighted by atomic mass is 10.1. The maximum absolute atomic E-state index is 9.06. The number of rotatable bonds is 5. The van der Waals surface area contributed by atoms with Gasteiger partial charge in [-0.05, 0) is 43.9 Å². The molecular formula is C15H17N2O2+. The summed E-state index contributed by atoms with van der Waals surface area (Å²) in [6.45, 7) is 2.05. The fraction of sp³-hybridized carbons (Fsp3) is 0.400. The third-order valence-corrected chi connectivity index (χ3v) is 3.38. The minimum Gasteiger partial charge on any atom is -0.366 e. The quantitative estimate of drug-likeness (QED) is 0.635. The van der Waals surface area contributed by atoms with Gasteiger partial charge >= 0.3 is 5.71 Å². The van der Waals surface area contributed by atoms with E-state index in [1.165, 1.54) is 11.1 Å². The van der Waals surface area contributed by atoms with Gasteiger partial charge in [0.15, 0.2) is 12.0 Å². The Morgan fingerprint density at radius 1 is 1.47 bits per heavy atom. The van der Waals surface area contributed by atoms with E-state index >= 15 is 0 Å². The average Bonchev–Trinajstić information content (AvgIpc) is 2.91. The first-order valence-corrected chi connectivity index (χ1v) is 6.60. The van der Waals surface area contributed by atoms with Crippen LogP contribution in [0, 0.1) is 6.92 Å². The van der Waals surface area contributed by atoms with Crippen LogP contribution in [0.5, 0.6) is 0 Å². The van der Waals surface area contributed by atoms with Crippen LogP contribution in [-0.4, -0.2) is 34.4 Å². The molecule has 19 heavy (non-hydrogen) atoms. The van der Waals surface area contributed by atoms with Crippen molar-refractivity contribution in [2.45, 2.75) is 38.6 Å². The molecular weight excluding hydrogens is 240 g/mol. The summed E-state index contributed by atoms with van der Waals surface area (Å²) in [5, 5.41) is 9.06. The van der Waals surface area contributed by atoms with Crippen molar-refractivity contribution in [2.75, 3.05) is 0 Å². The molecule has 0 aliphatic carbocycles. The van der Waals surface area contributed by atoms with Crippen molar-refractivity contribution in [3.8, 4) is 0 Å². The van der Waals surface area contributed by atoms with E-state index in [1.54, 1.807) is 0 Å². The first-order chi connectivity index (χ1) is 9.22. The zero-order valence-electron chi connectivity index (χ0n) is 10.9. The van der Waals surface area contributed by atoms with Crippen LogP contribution in [0.25, 0.3) is 0 Å². The van der Waals surface area contributed by atoms with E-state index in [9.17, 15) is 0 Å². The topological polar surface area (TPSA) is 59.8 Å². The summed E-state index contributed by atoms with van der Waals surface area (Å²) < 4.78 is 9.39. The highest BCUT2D eigenvalue weighted by Gasteiger charge is 2.36. The number of hydrogen-bond donors (Lipinski definition) is 1. The first kappa shape index (κ1) is 12.3. The predicted molar refractivity (Wildman–Crippen MR) is 74.1 cm³/mol. The molecule has 3 heterocycles. The van der Waals surface area contributed by atoms with Gasteiger partial charge in [-0.1, -0.05) is 4.67 Å². The maximum Gasteiger partial charge on any atom is 0.353 e. The van der Waals surface area contributed by atoms with Crippen LogP contribution < -0.4 is 4.67 Å². The van der Waals surface area contributed by atoms with Crippen molar-refractivity contribution in [3.63, 3.8) is 0 Å². The lowest BCUT2D eigenvalue weighted by molar-refractivity contribution is 0.156. The Hall–Kier alpha value is -1.74. The lowest BCUT2D eigenvalue weighted by Crippen LogP contribution is -2.01. The number of pyridine rings is 1. The fourth-order valence-corrected chi connectivity index (χ4v) is 2.21. The highest BCUT2D eigenvalue weighted by atomic mass is 16.7. The maximum atomic E-state index is 9.06. The van der Waals surface area contributed by atoms with Crippen LogP contribution >= 0.6 is 0 Å². The van der Waals surface area contributed by atoms with Crippen molar-refractivity contribution in [1.82, 2.24) is 9.65 Å². The van der Waals surface area contributed by atoms with Gasteiger partial charge in [0.1, 0.15) is 6.10 Å². The molecule has 1 saturated heterocycles. The van der Waals surface area contributed by atoms with Gasteiger partial charge in [0, 0.05) is 17.8 Å². The fourth-order valence-electron chi connectivity index (χ4n) is 2.21. The SMILES string of the molecule is Cc1ccnc(C2=[N+]=CC(CCCC3OC3O)=C2)c1. The number of allylic oxidation sites excluding steroid dienone is 2. The molecule has 98 valence electrons. The third-order valence-electron chi connectivity index (χ3n) is 3.38. The van der Waals surface area contributed by atoms with Crippen LogP contribution in [0.3, 0.4) is 0 Å². The Morgan fingerprint density at radius 3 is 3.05 bits per heavy atom. The van der Waals surface area contributed by atoms with Gasteiger partial charge < -0.3 is 9.84 Å². The van der Waals surface area contributed by atoms with Crippen LogP contribution in [0.2, 0.25) is 0 Å². The molecule has 4 nitrogen and oxygen atoms in total. The smallest absolute Gasteiger partial charge is 0.353 e. The second kappa shape index (κ2) is 5.10. The van der Waals surface area contributed by atoms with Crippen LogP contribution in [0.1, 0.15) is 30.5 Å². The van der Waals surface area contributed by atoms with Crippen LogP contribution in [0.4, 0.5) is 0 Å². The Labute approximate surface area is 112 Å². The Kier molecular flexibility index (Phi) is 3.30. The normalized spacial score (nSPS) is 24.3. The third kappa shape index (κ3) is 2.99. The minimum atomic E-state index is -0.523. The summed E-state index contributed by atoms with van der Waals surface area (Å²) in [7, 11) is 0. The van der Waals surface area contributed by atoms with Gasteiger partial charge in [-0.15, -0.1) is 0 Å². The summed E-state index contributed by atoms with van der Waals surface area (Å²) in [6, 6.07) is 4.02. The second-order valence-electron chi connectivity index (χ2n) is 5.04. The molecule has 2 atom stereocenters. The molecule has 0 spiro atoms. The zero-order chi connectivity index (χ0) is 13.2. The van der Waals surface area contributed by atoms with Crippen LogP contribution in [-0.2, 0) is 4.74 Å². The largest absolute Gasteiger partial charge is 0.366 e. The van der Waals surface area contributed by atoms with E-state index in [-0.39, 0.29) is 6.10 Å². The molecule has 0 amide bonds. The van der Waals surface area contributed by atoms with Gasteiger partial charge in [-0.25, -0.2) is 4.98 Å². The monoisotopic (exact) mass is 257 g/mol. The lowest BCUT2D eigenvalue weighted by Gasteiger charge is -1.94. The summed E-state index contributed by atoms with van der Waals surface area (Å²) in [4.78, 5) is 4.34. The molecule has 0 aromatic carbocycles. The number of aromatic nitrogens is 1. The molecule has 1 N–H and O–H groups in total. The number of epoxide rings is 1. The molecule has 0 saturated carbocycles. The van der Waals surface area contributed by atoms with Crippen molar-refractivity contribution < 1.29 is 9.84 Å². The minimum absolute atomic E-state index is 0.0563. The van der Waals surface area contributed by atoms with E-state index in [0.29, 0.717) is 0 Å². The molecule has 0 radical (unpaired) electrons. The standard InChI is InChI=1S/C15H17N2O2/c1-10-5-6-16-12(7-10)13-8-11(9-17-13)3-2-4-14-15(18)19-14/h5-9,14-15,18H,2-4H2,1H3/q+1. The van der Waals surface area contributed by atoms with E-state index < -0.39 is 6.29 Å².